The lowest BCUT2D eigenvalue weighted by atomic mass is 10.2. The van der Waals surface area contributed by atoms with Crippen molar-refractivity contribution in [2.24, 2.45) is 12.8 Å². The maximum absolute atomic E-state index is 11.7. The predicted molar refractivity (Wildman–Crippen MR) is 67.1 cm³/mol. The summed E-state index contributed by atoms with van der Waals surface area (Å²) in [5, 5.41) is 2.68. The fourth-order valence-electron chi connectivity index (χ4n) is 1.42. The second kappa shape index (κ2) is 6.58. The molecule has 0 unspecified atom stereocenters. The Kier molecular flexibility index (Phi) is 5.10. The van der Waals surface area contributed by atoms with E-state index in [4.69, 9.17) is 5.73 Å². The summed E-state index contributed by atoms with van der Waals surface area (Å²) in [4.78, 5) is 33.5. The summed E-state index contributed by atoms with van der Waals surface area (Å²) >= 11 is 0. The van der Waals surface area contributed by atoms with Crippen LogP contribution in [0.25, 0.3) is 0 Å². The van der Waals surface area contributed by atoms with E-state index in [2.05, 4.69) is 5.32 Å². The first-order valence-electron chi connectivity index (χ1n) is 5.74. The van der Waals surface area contributed by atoms with E-state index in [0.29, 0.717) is 31.4 Å². The molecule has 18 heavy (non-hydrogen) atoms. The van der Waals surface area contributed by atoms with E-state index < -0.39 is 0 Å². The van der Waals surface area contributed by atoms with Gasteiger partial charge in [0.15, 0.2) is 0 Å². The van der Waals surface area contributed by atoms with E-state index in [9.17, 15) is 14.4 Å². The molecule has 1 heterocycles. The Morgan fingerprint density at radius 3 is 2.72 bits per heavy atom. The Labute approximate surface area is 105 Å². The Morgan fingerprint density at radius 2 is 2.11 bits per heavy atom. The zero-order valence-corrected chi connectivity index (χ0v) is 10.3. The van der Waals surface area contributed by atoms with Gasteiger partial charge in [0.25, 0.3) is 11.5 Å². The summed E-state index contributed by atoms with van der Waals surface area (Å²) in [6, 6.07) is 2.87. The molecule has 0 aliphatic rings. The van der Waals surface area contributed by atoms with Gasteiger partial charge in [-0.1, -0.05) is 0 Å². The number of primary amides is 1. The maximum atomic E-state index is 11.7. The zero-order valence-electron chi connectivity index (χ0n) is 10.3. The highest BCUT2D eigenvalue weighted by molar-refractivity contribution is 5.93. The molecule has 1 rings (SSSR count). The first-order chi connectivity index (χ1) is 8.50. The lowest BCUT2D eigenvalue weighted by molar-refractivity contribution is -0.118. The van der Waals surface area contributed by atoms with Crippen LogP contribution in [-0.4, -0.2) is 22.9 Å². The highest BCUT2D eigenvalue weighted by Gasteiger charge is 2.05. The largest absolute Gasteiger partial charge is 0.370 e. The van der Waals surface area contributed by atoms with Gasteiger partial charge >= 0.3 is 0 Å². The molecule has 98 valence electrons. The minimum Gasteiger partial charge on any atom is -0.370 e. The number of aryl methyl sites for hydroxylation is 1. The number of amides is 2. The van der Waals surface area contributed by atoms with Crippen molar-refractivity contribution in [2.45, 2.75) is 19.3 Å². The molecule has 1 aromatic heterocycles. The van der Waals surface area contributed by atoms with Crippen molar-refractivity contribution in [3.63, 3.8) is 0 Å². The summed E-state index contributed by atoms with van der Waals surface area (Å²) in [7, 11) is 1.62. The average Bonchev–Trinajstić information content (AvgIpc) is 2.31. The van der Waals surface area contributed by atoms with Crippen LogP contribution in [0.3, 0.4) is 0 Å². The number of hydrogen-bond donors (Lipinski definition) is 2. The third-order valence-corrected chi connectivity index (χ3v) is 2.50. The van der Waals surface area contributed by atoms with Crippen LogP contribution in [0.1, 0.15) is 29.6 Å². The van der Waals surface area contributed by atoms with Crippen molar-refractivity contribution in [1.29, 1.82) is 0 Å². The van der Waals surface area contributed by atoms with Crippen LogP contribution in [0.4, 0.5) is 0 Å². The summed E-state index contributed by atoms with van der Waals surface area (Å²) in [5.74, 6) is -0.625. The van der Waals surface area contributed by atoms with Crippen LogP contribution < -0.4 is 16.6 Å². The smallest absolute Gasteiger partial charge is 0.251 e. The first-order valence-corrected chi connectivity index (χ1v) is 5.74. The van der Waals surface area contributed by atoms with Crippen molar-refractivity contribution < 1.29 is 9.59 Å². The molecule has 0 atom stereocenters. The van der Waals surface area contributed by atoms with Gasteiger partial charge in [-0.2, -0.15) is 0 Å². The van der Waals surface area contributed by atoms with Gasteiger partial charge in [-0.05, 0) is 18.9 Å². The average molecular weight is 251 g/mol. The molecule has 0 aliphatic carbocycles. The predicted octanol–water partition coefficient (Wildman–Crippen LogP) is -0.229. The Bertz CT molecular complexity index is 494. The van der Waals surface area contributed by atoms with Gasteiger partial charge in [-0.25, -0.2) is 0 Å². The summed E-state index contributed by atoms with van der Waals surface area (Å²) in [5.41, 5.74) is 5.11. The molecule has 0 spiro atoms. The summed E-state index contributed by atoms with van der Waals surface area (Å²) in [6.45, 7) is 0.460. The first kappa shape index (κ1) is 14.0. The number of nitrogens with one attached hydrogen (secondary N) is 1. The van der Waals surface area contributed by atoms with Gasteiger partial charge < -0.3 is 15.6 Å². The number of nitrogens with zero attached hydrogens (tertiary/aromatic N) is 1. The van der Waals surface area contributed by atoms with E-state index in [1.54, 1.807) is 19.3 Å². The third-order valence-electron chi connectivity index (χ3n) is 2.50. The number of aromatic nitrogens is 1. The molecular weight excluding hydrogens is 234 g/mol. The minimum absolute atomic E-state index is 0.226. The fraction of sp³-hybridized carbons (Fsp3) is 0.417. The highest BCUT2D eigenvalue weighted by atomic mass is 16.2. The van der Waals surface area contributed by atoms with Crippen molar-refractivity contribution in [1.82, 2.24) is 9.88 Å². The van der Waals surface area contributed by atoms with E-state index in [1.165, 1.54) is 10.6 Å². The van der Waals surface area contributed by atoms with Crippen LogP contribution in [0.15, 0.2) is 23.1 Å². The Morgan fingerprint density at radius 1 is 1.39 bits per heavy atom. The molecule has 0 saturated heterocycles. The van der Waals surface area contributed by atoms with E-state index >= 15 is 0 Å². The number of unbranched alkanes of at least 4 members (excludes halogenated alkanes) is 1. The number of rotatable bonds is 6. The molecule has 6 heteroatoms. The third kappa shape index (κ3) is 4.40. The van der Waals surface area contributed by atoms with Crippen LogP contribution in [0.2, 0.25) is 0 Å². The highest BCUT2D eigenvalue weighted by Crippen LogP contribution is 1.96. The molecule has 6 nitrogen and oxygen atoms in total. The SMILES string of the molecule is Cn1ccc(C(=O)NCCCCC(N)=O)cc1=O. The molecule has 0 saturated carbocycles. The summed E-state index contributed by atoms with van der Waals surface area (Å²) in [6.07, 6.45) is 3.19. The second-order valence-electron chi connectivity index (χ2n) is 4.04. The van der Waals surface area contributed by atoms with E-state index in [0.717, 1.165) is 0 Å². The number of hydrogen-bond acceptors (Lipinski definition) is 3. The van der Waals surface area contributed by atoms with Crippen molar-refractivity contribution in [2.75, 3.05) is 6.54 Å². The Hall–Kier alpha value is -2.11. The van der Waals surface area contributed by atoms with Gasteiger partial charge in [0.2, 0.25) is 5.91 Å². The maximum Gasteiger partial charge on any atom is 0.251 e. The molecule has 1 aromatic rings. The normalized spacial score (nSPS) is 10.1. The summed E-state index contributed by atoms with van der Waals surface area (Å²) < 4.78 is 1.39. The quantitative estimate of drug-likeness (QED) is 0.684. The Balaban J connectivity index is 2.39. The molecule has 0 aromatic carbocycles. The lowest BCUT2D eigenvalue weighted by Crippen LogP contribution is -2.27. The van der Waals surface area contributed by atoms with Crippen molar-refractivity contribution in [3.8, 4) is 0 Å². The van der Waals surface area contributed by atoms with Crippen molar-refractivity contribution >= 4 is 11.8 Å². The lowest BCUT2D eigenvalue weighted by Gasteiger charge is -2.05. The van der Waals surface area contributed by atoms with Gasteiger partial charge in [-0.15, -0.1) is 0 Å². The molecule has 0 aliphatic heterocycles. The number of carbonyl (C=O) groups excluding carboxylic acids is 2. The van der Waals surface area contributed by atoms with Gasteiger partial charge in [-0.3, -0.25) is 14.4 Å². The van der Waals surface area contributed by atoms with Crippen LogP contribution >= 0.6 is 0 Å². The van der Waals surface area contributed by atoms with Crippen LogP contribution in [-0.2, 0) is 11.8 Å². The molecule has 2 amide bonds. The van der Waals surface area contributed by atoms with Crippen LogP contribution in [0, 0.1) is 0 Å². The van der Waals surface area contributed by atoms with Gasteiger partial charge in [0, 0.05) is 37.8 Å². The topological polar surface area (TPSA) is 94.2 Å². The minimum atomic E-state index is -0.340. The van der Waals surface area contributed by atoms with Gasteiger partial charge in [0.05, 0.1) is 0 Å². The molecule has 0 bridgehead atoms. The number of nitrogens with two attached hydrogens (primary N) is 1. The molecule has 0 fully saturated rings. The fourth-order valence-corrected chi connectivity index (χ4v) is 1.42. The second-order valence-corrected chi connectivity index (χ2v) is 4.04. The molecule has 0 radical (unpaired) electrons. The standard InChI is InChI=1S/C12H17N3O3/c1-15-7-5-9(8-11(15)17)12(18)14-6-3-2-4-10(13)16/h5,7-8H,2-4,6H2,1H3,(H2,13,16)(H,14,18). The number of carbonyl (C=O) groups is 2. The monoisotopic (exact) mass is 251 g/mol. The van der Waals surface area contributed by atoms with Crippen LogP contribution in [0.5, 0.6) is 0 Å². The molecule has 3 N–H and O–H groups in total. The molecular formula is C12H17N3O3. The van der Waals surface area contributed by atoms with Gasteiger partial charge in [0.1, 0.15) is 0 Å². The van der Waals surface area contributed by atoms with Crippen molar-refractivity contribution in [3.05, 3.63) is 34.2 Å². The van der Waals surface area contributed by atoms with E-state index in [1.807, 2.05) is 0 Å². The van der Waals surface area contributed by atoms with E-state index in [-0.39, 0.29) is 17.4 Å². The zero-order chi connectivity index (χ0) is 13.5. The number of pyridine rings is 1.